The van der Waals surface area contributed by atoms with E-state index in [1.54, 1.807) is 0 Å². The number of anilines is 3. The van der Waals surface area contributed by atoms with Crippen molar-refractivity contribution >= 4 is 40.6 Å². The third-order valence-corrected chi connectivity index (χ3v) is 17.0. The molecule has 2 aliphatic carbocycles. The second-order valence-electron chi connectivity index (χ2n) is 18.4. The highest BCUT2D eigenvalue weighted by Crippen LogP contribution is 2.62. The Morgan fingerprint density at radius 1 is 0.328 bits per heavy atom. The fourth-order valence-corrected chi connectivity index (χ4v) is 13.7. The highest BCUT2D eigenvalue weighted by Gasteiger charge is 2.48. The molecule has 318 valence electrons. The van der Waals surface area contributed by atoms with E-state index in [1.807, 2.05) is 23.5 Å². The van der Waals surface area contributed by atoms with E-state index in [0.717, 1.165) is 17.1 Å². The summed E-state index contributed by atoms with van der Waals surface area (Å²) >= 11 is 3.81. The average Bonchev–Trinajstić information content (AvgIpc) is 3.82. The van der Waals surface area contributed by atoms with Gasteiger partial charge in [0, 0.05) is 47.6 Å². The average molecular weight is 892 g/mol. The second kappa shape index (κ2) is 15.7. The van der Waals surface area contributed by atoms with Crippen LogP contribution in [0.3, 0.4) is 0 Å². The van der Waals surface area contributed by atoms with Gasteiger partial charge in [-0.3, -0.25) is 0 Å². The van der Waals surface area contributed by atoms with Gasteiger partial charge in [-0.1, -0.05) is 219 Å². The van der Waals surface area contributed by atoms with E-state index in [0.29, 0.717) is 0 Å². The molecule has 1 aliphatic heterocycles. The van der Waals surface area contributed by atoms with Gasteiger partial charge in [0.1, 0.15) is 0 Å². The Morgan fingerprint density at radius 2 is 0.806 bits per heavy atom. The van der Waals surface area contributed by atoms with Crippen LogP contribution in [0.1, 0.15) is 47.2 Å². The van der Waals surface area contributed by atoms with Crippen LogP contribution < -0.4 is 4.90 Å². The van der Waals surface area contributed by atoms with Gasteiger partial charge >= 0.3 is 0 Å². The molecule has 0 bridgehead atoms. The van der Waals surface area contributed by atoms with Gasteiger partial charge in [-0.2, -0.15) is 0 Å². The number of fused-ring (bicyclic) bond motifs is 9. The third-order valence-electron chi connectivity index (χ3n) is 14.4. The van der Waals surface area contributed by atoms with Crippen LogP contribution in [-0.4, -0.2) is 0 Å². The van der Waals surface area contributed by atoms with Gasteiger partial charge in [-0.05, 0) is 127 Å². The molecule has 10 aromatic carbocycles. The Morgan fingerprint density at radius 3 is 1.46 bits per heavy atom. The number of rotatable bonds is 7. The van der Waals surface area contributed by atoms with Crippen molar-refractivity contribution in [3.05, 3.63) is 270 Å². The van der Waals surface area contributed by atoms with Gasteiger partial charge in [-0.15, -0.1) is 0 Å². The Kier molecular flexibility index (Phi) is 9.35. The van der Waals surface area contributed by atoms with E-state index in [-0.39, 0.29) is 5.41 Å². The maximum absolute atomic E-state index is 2.44. The van der Waals surface area contributed by atoms with Crippen LogP contribution in [0.25, 0.3) is 44.5 Å². The Bertz CT molecular complexity index is 3520. The maximum Gasteiger partial charge on any atom is 0.0714 e. The molecule has 1 unspecified atom stereocenters. The molecule has 1 atom stereocenters. The quantitative estimate of drug-likeness (QED) is 0.157. The summed E-state index contributed by atoms with van der Waals surface area (Å²) in [5.74, 6) is 0. The predicted molar refractivity (Wildman–Crippen MR) is 282 cm³/mol. The first-order chi connectivity index (χ1) is 33.0. The normalized spacial score (nSPS) is 15.7. The fraction of sp³-hybridized carbons (Fsp3) is 0.0625. The van der Waals surface area contributed by atoms with Gasteiger partial charge in [0.2, 0.25) is 0 Å². The summed E-state index contributed by atoms with van der Waals surface area (Å²) in [7, 11) is 0. The fourth-order valence-electron chi connectivity index (χ4n) is 11.3. The monoisotopic (exact) mass is 891 g/mol. The van der Waals surface area contributed by atoms with E-state index in [9.17, 15) is 0 Å². The molecule has 0 aromatic heterocycles. The smallest absolute Gasteiger partial charge is 0.0714 e. The van der Waals surface area contributed by atoms with Crippen LogP contribution in [0.15, 0.2) is 256 Å². The number of hydrogen-bond acceptors (Lipinski definition) is 3. The Labute approximate surface area is 401 Å². The van der Waals surface area contributed by atoms with E-state index in [1.165, 1.54) is 97.5 Å². The van der Waals surface area contributed by atoms with Crippen molar-refractivity contribution in [2.24, 2.45) is 0 Å². The van der Waals surface area contributed by atoms with E-state index in [4.69, 9.17) is 0 Å². The summed E-state index contributed by atoms with van der Waals surface area (Å²) in [6, 6.07) is 88.2. The molecule has 0 fully saturated rings. The van der Waals surface area contributed by atoms with Crippen molar-refractivity contribution in [1.82, 2.24) is 0 Å². The van der Waals surface area contributed by atoms with Crippen molar-refractivity contribution in [2.45, 2.75) is 44.3 Å². The first-order valence-corrected chi connectivity index (χ1v) is 24.8. The largest absolute Gasteiger partial charge is 0.310 e. The van der Waals surface area contributed by atoms with Crippen LogP contribution in [0.5, 0.6) is 0 Å². The highest BCUT2D eigenvalue weighted by molar-refractivity contribution is 8.05. The second-order valence-corrected chi connectivity index (χ2v) is 20.5. The molecule has 0 spiro atoms. The highest BCUT2D eigenvalue weighted by atomic mass is 32.2. The number of nitrogens with zero attached hydrogens (tertiary/aromatic N) is 1. The molecule has 1 nitrogen and oxygen atoms in total. The lowest BCUT2D eigenvalue weighted by atomic mass is 9.67. The molecular formula is C64H45NS2. The van der Waals surface area contributed by atoms with Crippen molar-refractivity contribution < 1.29 is 0 Å². The zero-order valence-corrected chi connectivity index (χ0v) is 38.9. The van der Waals surface area contributed by atoms with E-state index in [2.05, 4.69) is 255 Å². The molecule has 0 saturated carbocycles. The first kappa shape index (κ1) is 40.0. The molecule has 0 N–H and O–H groups in total. The van der Waals surface area contributed by atoms with Crippen molar-refractivity contribution in [3.63, 3.8) is 0 Å². The van der Waals surface area contributed by atoms with Crippen LogP contribution in [0, 0.1) is 0 Å². The molecule has 0 amide bonds. The lowest BCUT2D eigenvalue weighted by molar-refractivity contribution is 0.660. The molecule has 3 aliphatic rings. The van der Waals surface area contributed by atoms with E-state index < -0.39 is 5.41 Å². The van der Waals surface area contributed by atoms with Gasteiger partial charge in [-0.25, -0.2) is 0 Å². The summed E-state index contributed by atoms with van der Waals surface area (Å²) in [6.45, 7) is 4.73. The van der Waals surface area contributed by atoms with Crippen LogP contribution in [-0.2, 0) is 10.8 Å². The zero-order valence-electron chi connectivity index (χ0n) is 37.3. The summed E-state index contributed by atoms with van der Waals surface area (Å²) in [4.78, 5) is 7.74. The van der Waals surface area contributed by atoms with E-state index >= 15 is 0 Å². The Balaban J connectivity index is 0.995. The molecule has 3 heteroatoms. The van der Waals surface area contributed by atoms with Crippen LogP contribution in [0.2, 0.25) is 0 Å². The summed E-state index contributed by atoms with van der Waals surface area (Å²) in [6.07, 6.45) is 0. The molecule has 10 aromatic rings. The summed E-state index contributed by atoms with van der Waals surface area (Å²) in [5.41, 5.74) is 20.7. The standard InChI is InChI=1S/C64H45NS2/c1-63(2)54-21-11-9-19-51(54)52-38-37-50(41-57(52)63)65(48-33-27-45(28-34-48)43-17-7-4-8-18-43)49-35-31-47(32-36-49)64(46-29-25-44(26-30-46)42-15-5-3-6-16-42)55-22-12-10-20-53(55)61-56(64)39-40-60-62(61)67-59-24-14-13-23-58(59)66-60/h3-41H,1-2H3. The first-order valence-electron chi connectivity index (χ1n) is 23.2. The topological polar surface area (TPSA) is 3.24 Å². The van der Waals surface area contributed by atoms with Gasteiger partial charge in [0.25, 0.3) is 0 Å². The number of benzene rings is 10. The molecular weight excluding hydrogens is 847 g/mol. The zero-order chi connectivity index (χ0) is 44.7. The Hall–Kier alpha value is -7.30. The van der Waals surface area contributed by atoms with Gasteiger partial charge < -0.3 is 4.90 Å². The third kappa shape index (κ3) is 6.25. The molecule has 1 heterocycles. The SMILES string of the molecule is CC1(C)c2ccccc2-c2ccc(N(c3ccc(-c4ccccc4)cc3)c3ccc(C4(c5ccc(-c6ccccc6)cc5)c5ccccc5-c5c4ccc4c5Sc5ccccc5S4)cc3)cc21. The van der Waals surface area contributed by atoms with Crippen LogP contribution >= 0.6 is 23.5 Å². The maximum atomic E-state index is 2.44. The summed E-state index contributed by atoms with van der Waals surface area (Å²) < 4.78 is 0. The van der Waals surface area contributed by atoms with Crippen molar-refractivity contribution in [2.75, 3.05) is 4.90 Å². The lowest BCUT2D eigenvalue weighted by Crippen LogP contribution is -2.28. The van der Waals surface area contributed by atoms with Gasteiger partial charge in [0.15, 0.2) is 0 Å². The minimum Gasteiger partial charge on any atom is -0.310 e. The minimum atomic E-state index is -0.567. The molecule has 13 rings (SSSR count). The van der Waals surface area contributed by atoms with Crippen LogP contribution in [0.4, 0.5) is 17.1 Å². The molecule has 0 saturated heterocycles. The van der Waals surface area contributed by atoms with Crippen molar-refractivity contribution in [1.29, 1.82) is 0 Å². The van der Waals surface area contributed by atoms with Crippen molar-refractivity contribution in [3.8, 4) is 44.5 Å². The predicted octanol–water partition coefficient (Wildman–Crippen LogP) is 17.8. The minimum absolute atomic E-state index is 0.127. The summed E-state index contributed by atoms with van der Waals surface area (Å²) in [5, 5.41) is 0. The van der Waals surface area contributed by atoms with Gasteiger partial charge in [0.05, 0.1) is 5.41 Å². The lowest BCUT2D eigenvalue weighted by Gasteiger charge is -2.35. The molecule has 0 radical (unpaired) electrons. The number of hydrogen-bond donors (Lipinski definition) is 0. The molecule has 67 heavy (non-hydrogen) atoms.